The van der Waals surface area contributed by atoms with Gasteiger partial charge in [-0.2, -0.15) is 0 Å². The first-order valence-electron chi connectivity index (χ1n) is 8.06. The van der Waals surface area contributed by atoms with Crippen LogP contribution in [-0.2, 0) is 11.4 Å². The second-order valence-corrected chi connectivity index (χ2v) is 5.89. The summed E-state index contributed by atoms with van der Waals surface area (Å²) in [5.74, 6) is 0.552. The van der Waals surface area contributed by atoms with Gasteiger partial charge in [0.1, 0.15) is 42.9 Å². The van der Waals surface area contributed by atoms with Crippen LogP contribution < -0.4 is 4.74 Å². The predicted octanol–water partition coefficient (Wildman–Crippen LogP) is -0.0585. The van der Waals surface area contributed by atoms with Gasteiger partial charge in [0.2, 0.25) is 0 Å². The molecule has 0 bridgehead atoms. The van der Waals surface area contributed by atoms with Crippen molar-refractivity contribution in [1.29, 1.82) is 0 Å². The lowest BCUT2D eigenvalue weighted by molar-refractivity contribution is -0.145. The Bertz CT molecular complexity index is 674. The van der Waals surface area contributed by atoms with Gasteiger partial charge in [-0.15, -0.1) is 0 Å². The van der Waals surface area contributed by atoms with Crippen molar-refractivity contribution >= 4 is 6.29 Å². The highest BCUT2D eigenvalue weighted by Crippen LogP contribution is 2.24. The minimum absolute atomic E-state index is 0.0336. The summed E-state index contributed by atoms with van der Waals surface area (Å²) in [6, 6.07) is 15.8. The van der Waals surface area contributed by atoms with Crippen LogP contribution in [0.3, 0.4) is 0 Å². The Labute approximate surface area is 150 Å². The van der Waals surface area contributed by atoms with Crippen LogP contribution in [-0.4, -0.2) is 56.2 Å². The molecule has 26 heavy (non-hydrogen) atoms. The summed E-state index contributed by atoms with van der Waals surface area (Å²) in [5.41, 5.74) is 1.27. The molecule has 0 aliphatic heterocycles. The zero-order chi connectivity index (χ0) is 19.1. The van der Waals surface area contributed by atoms with Crippen molar-refractivity contribution in [2.24, 2.45) is 0 Å². The van der Waals surface area contributed by atoms with Crippen molar-refractivity contribution in [3.05, 3.63) is 65.7 Å². The Kier molecular flexibility index (Phi) is 7.26. The van der Waals surface area contributed by atoms with E-state index in [4.69, 9.17) is 4.74 Å². The van der Waals surface area contributed by atoms with Crippen LogP contribution >= 0.6 is 0 Å². The van der Waals surface area contributed by atoms with Gasteiger partial charge in [0.05, 0.1) is 0 Å². The van der Waals surface area contributed by atoms with Gasteiger partial charge in [-0.3, -0.25) is 0 Å². The maximum atomic E-state index is 10.4. The molecule has 0 aliphatic carbocycles. The standard InChI is InChI=1S/C19H22O7/c20-10-15(21)17(23)19(25)18(24)16(22)13-6-8-14(9-7-13)26-11-12-4-2-1-3-5-12/h1-10,15-19,21-25H,11H2/t15-,16?,17+,18+,19-/m0/s1. The molecule has 2 rings (SSSR count). The highest BCUT2D eigenvalue weighted by molar-refractivity contribution is 5.56. The molecule has 7 heteroatoms. The van der Waals surface area contributed by atoms with Crippen LogP contribution in [0.15, 0.2) is 54.6 Å². The van der Waals surface area contributed by atoms with E-state index in [-0.39, 0.29) is 11.8 Å². The van der Waals surface area contributed by atoms with E-state index < -0.39 is 30.5 Å². The number of rotatable bonds is 9. The van der Waals surface area contributed by atoms with Gasteiger partial charge in [0, 0.05) is 0 Å². The zero-order valence-corrected chi connectivity index (χ0v) is 13.9. The van der Waals surface area contributed by atoms with E-state index in [1.807, 2.05) is 30.3 Å². The first-order valence-corrected chi connectivity index (χ1v) is 8.06. The van der Waals surface area contributed by atoms with Crippen LogP contribution in [0.4, 0.5) is 0 Å². The molecule has 0 heterocycles. The van der Waals surface area contributed by atoms with Crippen molar-refractivity contribution in [3.63, 3.8) is 0 Å². The number of aldehydes is 1. The van der Waals surface area contributed by atoms with Crippen molar-refractivity contribution in [2.75, 3.05) is 0 Å². The van der Waals surface area contributed by atoms with E-state index >= 15 is 0 Å². The summed E-state index contributed by atoms with van der Waals surface area (Å²) in [6.45, 7) is 0.375. The van der Waals surface area contributed by atoms with E-state index in [0.29, 0.717) is 12.4 Å². The fraction of sp³-hybridized carbons (Fsp3) is 0.316. The van der Waals surface area contributed by atoms with Crippen molar-refractivity contribution in [1.82, 2.24) is 0 Å². The lowest BCUT2D eigenvalue weighted by Crippen LogP contribution is -2.47. The summed E-state index contributed by atoms with van der Waals surface area (Å²) in [4.78, 5) is 10.4. The average Bonchev–Trinajstić information content (AvgIpc) is 2.70. The molecule has 1 unspecified atom stereocenters. The van der Waals surface area contributed by atoms with Crippen molar-refractivity contribution < 1.29 is 35.1 Å². The van der Waals surface area contributed by atoms with E-state index in [1.54, 1.807) is 12.1 Å². The van der Waals surface area contributed by atoms with Gasteiger partial charge < -0.3 is 35.1 Å². The maximum absolute atomic E-state index is 10.4. The first-order chi connectivity index (χ1) is 12.4. The Morgan fingerprint density at radius 1 is 0.808 bits per heavy atom. The van der Waals surface area contributed by atoms with Crippen LogP contribution in [0.1, 0.15) is 17.2 Å². The molecular formula is C19H22O7. The molecule has 5 N–H and O–H groups in total. The van der Waals surface area contributed by atoms with Gasteiger partial charge in [0.25, 0.3) is 0 Å². The third kappa shape index (κ3) is 5.10. The minimum atomic E-state index is -1.91. The number of aliphatic hydroxyl groups is 5. The molecule has 2 aromatic rings. The maximum Gasteiger partial charge on any atom is 0.151 e. The SMILES string of the molecule is O=C[C@H](O)[C@@H](O)[C@H](O)[C@H](O)C(O)c1ccc(OCc2ccccc2)cc1. The molecule has 140 valence electrons. The molecule has 0 saturated carbocycles. The van der Waals surface area contributed by atoms with Crippen LogP contribution in [0.2, 0.25) is 0 Å². The van der Waals surface area contributed by atoms with Gasteiger partial charge >= 0.3 is 0 Å². The number of aliphatic hydroxyl groups excluding tert-OH is 5. The van der Waals surface area contributed by atoms with Gasteiger partial charge in [-0.25, -0.2) is 0 Å². The molecule has 0 amide bonds. The second-order valence-electron chi connectivity index (χ2n) is 5.89. The van der Waals surface area contributed by atoms with Crippen LogP contribution in [0.5, 0.6) is 5.75 Å². The molecule has 0 saturated heterocycles. The Morgan fingerprint density at radius 3 is 2.00 bits per heavy atom. The average molecular weight is 362 g/mol. The Hall–Kier alpha value is -2.29. The lowest BCUT2D eigenvalue weighted by atomic mass is 9.95. The summed E-state index contributed by atoms with van der Waals surface area (Å²) in [6.07, 6.45) is -8.96. The molecule has 0 fully saturated rings. The lowest BCUT2D eigenvalue weighted by Gasteiger charge is -2.27. The van der Waals surface area contributed by atoms with E-state index in [9.17, 15) is 30.3 Å². The largest absolute Gasteiger partial charge is 0.489 e. The first kappa shape index (κ1) is 20.0. The monoisotopic (exact) mass is 362 g/mol. The second kappa shape index (κ2) is 9.42. The molecule has 0 aromatic heterocycles. The number of hydrogen-bond donors (Lipinski definition) is 5. The third-order valence-electron chi connectivity index (χ3n) is 3.98. The quantitative estimate of drug-likeness (QED) is 0.396. The van der Waals surface area contributed by atoms with E-state index in [0.717, 1.165) is 5.56 Å². The summed E-state index contributed by atoms with van der Waals surface area (Å²) < 4.78 is 5.61. The molecule has 0 spiro atoms. The van der Waals surface area contributed by atoms with Crippen LogP contribution in [0, 0.1) is 0 Å². The minimum Gasteiger partial charge on any atom is -0.489 e. The van der Waals surface area contributed by atoms with E-state index in [1.165, 1.54) is 12.1 Å². The van der Waals surface area contributed by atoms with Crippen molar-refractivity contribution in [3.8, 4) is 5.75 Å². The molecule has 7 nitrogen and oxygen atoms in total. The molecule has 0 radical (unpaired) electrons. The highest BCUT2D eigenvalue weighted by atomic mass is 16.5. The zero-order valence-electron chi connectivity index (χ0n) is 13.9. The van der Waals surface area contributed by atoms with Gasteiger partial charge in [-0.05, 0) is 23.3 Å². The fourth-order valence-electron chi connectivity index (χ4n) is 2.37. The molecule has 5 atom stereocenters. The normalized spacial score (nSPS) is 17.0. The number of benzene rings is 2. The fourth-order valence-corrected chi connectivity index (χ4v) is 2.37. The topological polar surface area (TPSA) is 127 Å². The Morgan fingerprint density at radius 2 is 1.42 bits per heavy atom. The highest BCUT2D eigenvalue weighted by Gasteiger charge is 2.34. The predicted molar refractivity (Wildman–Crippen MR) is 92.3 cm³/mol. The van der Waals surface area contributed by atoms with Crippen LogP contribution in [0.25, 0.3) is 0 Å². The number of carbonyl (C=O) groups is 1. The van der Waals surface area contributed by atoms with Gasteiger partial charge in [-0.1, -0.05) is 42.5 Å². The molecular weight excluding hydrogens is 340 g/mol. The summed E-state index contributed by atoms with van der Waals surface area (Å²) in [5, 5.41) is 48.6. The molecule has 2 aromatic carbocycles. The van der Waals surface area contributed by atoms with Crippen molar-refractivity contribution in [2.45, 2.75) is 37.1 Å². The number of hydrogen-bond acceptors (Lipinski definition) is 7. The number of ether oxygens (including phenoxy) is 1. The van der Waals surface area contributed by atoms with E-state index in [2.05, 4.69) is 0 Å². The summed E-state index contributed by atoms with van der Waals surface area (Å²) in [7, 11) is 0. The molecule has 0 aliphatic rings. The summed E-state index contributed by atoms with van der Waals surface area (Å²) >= 11 is 0. The van der Waals surface area contributed by atoms with Gasteiger partial charge in [0.15, 0.2) is 6.29 Å². The Balaban J connectivity index is 1.96. The number of carbonyl (C=O) groups excluding carboxylic acids is 1. The smallest absolute Gasteiger partial charge is 0.151 e. The third-order valence-corrected chi connectivity index (χ3v) is 3.98.